The van der Waals surface area contributed by atoms with Crippen LogP contribution in [-0.2, 0) is 0 Å². The Bertz CT molecular complexity index is 653. The minimum absolute atomic E-state index is 0.000113. The van der Waals surface area contributed by atoms with E-state index in [-0.39, 0.29) is 5.82 Å². The van der Waals surface area contributed by atoms with Gasteiger partial charge in [-0.15, -0.1) is 0 Å². The summed E-state index contributed by atoms with van der Waals surface area (Å²) in [5.41, 5.74) is 0.467. The molecule has 2 aromatic rings. The summed E-state index contributed by atoms with van der Waals surface area (Å²) in [6, 6.07) is 8.16. The zero-order valence-corrected chi connectivity index (χ0v) is 11.1. The number of aromatic nitrogens is 2. The molecule has 0 amide bonds. The third-order valence-electron chi connectivity index (χ3n) is 2.45. The highest BCUT2D eigenvalue weighted by Crippen LogP contribution is 2.27. The van der Waals surface area contributed by atoms with Gasteiger partial charge in [0.25, 0.3) is 0 Å². The topological polar surface area (TPSA) is 66.6 Å². The molecule has 1 aromatic carbocycles. The van der Waals surface area contributed by atoms with Gasteiger partial charge in [0, 0.05) is 12.4 Å². The lowest BCUT2D eigenvalue weighted by Crippen LogP contribution is -2.14. The average Bonchev–Trinajstić information content (AvgIpc) is 2.44. The Morgan fingerprint density at radius 1 is 1.21 bits per heavy atom. The van der Waals surface area contributed by atoms with Crippen molar-refractivity contribution in [2.45, 2.75) is 5.92 Å². The maximum absolute atomic E-state index is 12.1. The molecule has 0 aliphatic carbocycles. The summed E-state index contributed by atoms with van der Waals surface area (Å²) in [6.07, 6.45) is 2.90. The Morgan fingerprint density at radius 3 is 2.47 bits per heavy atom. The first-order valence-electron chi connectivity index (χ1n) is 5.29. The van der Waals surface area contributed by atoms with Crippen LogP contribution in [0.4, 0.5) is 0 Å². The number of halogens is 2. The quantitative estimate of drug-likeness (QED) is 0.814. The average molecular weight is 292 g/mol. The molecule has 6 heteroatoms. The fraction of sp³-hybridized carbons (Fsp3) is 0.0769. The summed E-state index contributed by atoms with van der Waals surface area (Å²) in [6.45, 7) is 0. The van der Waals surface area contributed by atoms with Crippen LogP contribution in [-0.4, -0.2) is 15.8 Å². The van der Waals surface area contributed by atoms with E-state index in [1.165, 1.54) is 18.5 Å². The summed E-state index contributed by atoms with van der Waals surface area (Å²) in [7, 11) is 0. The summed E-state index contributed by atoms with van der Waals surface area (Å²) in [5, 5.41) is 9.83. The first-order chi connectivity index (χ1) is 9.13. The van der Waals surface area contributed by atoms with Crippen LogP contribution < -0.4 is 0 Å². The molecule has 4 nitrogen and oxygen atoms in total. The molecule has 1 unspecified atom stereocenters. The van der Waals surface area contributed by atoms with Gasteiger partial charge in [0.1, 0.15) is 5.92 Å². The van der Waals surface area contributed by atoms with Gasteiger partial charge in [0.15, 0.2) is 5.82 Å². The number of benzene rings is 1. The van der Waals surface area contributed by atoms with Crippen LogP contribution in [0.15, 0.2) is 36.7 Å². The number of nitriles is 1. The fourth-order valence-corrected chi connectivity index (χ4v) is 1.84. The minimum Gasteiger partial charge on any atom is -0.289 e. The molecule has 0 fully saturated rings. The van der Waals surface area contributed by atoms with E-state index in [0.717, 1.165) is 0 Å². The van der Waals surface area contributed by atoms with Crippen molar-refractivity contribution in [3.8, 4) is 6.07 Å². The molecule has 0 spiro atoms. The molecule has 0 saturated heterocycles. The van der Waals surface area contributed by atoms with Crippen LogP contribution in [0.25, 0.3) is 0 Å². The van der Waals surface area contributed by atoms with Crippen molar-refractivity contribution >= 4 is 29.0 Å². The van der Waals surface area contributed by atoms with Crippen molar-refractivity contribution in [2.75, 3.05) is 0 Å². The minimum atomic E-state index is -1.00. The number of carbonyl (C=O) groups excluding carboxylic acids is 1. The third-order valence-corrected chi connectivity index (χ3v) is 3.19. The van der Waals surface area contributed by atoms with Gasteiger partial charge >= 0.3 is 0 Å². The summed E-state index contributed by atoms with van der Waals surface area (Å²) < 4.78 is 0. The van der Waals surface area contributed by atoms with Gasteiger partial charge in [0.05, 0.1) is 16.1 Å². The monoisotopic (exact) mass is 291 g/mol. The second kappa shape index (κ2) is 5.79. The predicted molar refractivity (Wildman–Crippen MR) is 71.2 cm³/mol. The smallest absolute Gasteiger partial charge is 0.221 e. The van der Waals surface area contributed by atoms with Crippen molar-refractivity contribution in [1.82, 2.24) is 9.97 Å². The number of hydrogen-bond donors (Lipinski definition) is 0. The normalized spacial score (nSPS) is 11.6. The second-order valence-corrected chi connectivity index (χ2v) is 4.49. The molecule has 2 rings (SSSR count). The molecule has 19 heavy (non-hydrogen) atoms. The Balaban J connectivity index is 2.38. The van der Waals surface area contributed by atoms with Crippen LogP contribution in [0.1, 0.15) is 22.1 Å². The van der Waals surface area contributed by atoms with Crippen molar-refractivity contribution in [3.63, 3.8) is 0 Å². The third kappa shape index (κ3) is 2.90. The summed E-state index contributed by atoms with van der Waals surface area (Å²) in [5.74, 6) is -1.47. The van der Waals surface area contributed by atoms with Crippen LogP contribution >= 0.6 is 23.2 Å². The van der Waals surface area contributed by atoms with Gasteiger partial charge < -0.3 is 0 Å². The highest BCUT2D eigenvalue weighted by atomic mass is 35.5. The first kappa shape index (κ1) is 13.5. The van der Waals surface area contributed by atoms with Crippen molar-refractivity contribution in [2.24, 2.45) is 0 Å². The lowest BCUT2D eigenvalue weighted by Gasteiger charge is -2.08. The zero-order valence-electron chi connectivity index (χ0n) is 9.55. The van der Waals surface area contributed by atoms with E-state index in [9.17, 15) is 4.79 Å². The largest absolute Gasteiger partial charge is 0.289 e. The molecular formula is C13H7Cl2N3O. The molecule has 1 aromatic heterocycles. The molecule has 1 atom stereocenters. The lowest BCUT2D eigenvalue weighted by molar-refractivity contribution is 0.0968. The number of nitrogens with zero attached hydrogens (tertiary/aromatic N) is 3. The van der Waals surface area contributed by atoms with Gasteiger partial charge in [-0.2, -0.15) is 5.26 Å². The molecule has 1 heterocycles. The van der Waals surface area contributed by atoms with E-state index in [0.29, 0.717) is 15.6 Å². The van der Waals surface area contributed by atoms with E-state index < -0.39 is 11.7 Å². The zero-order chi connectivity index (χ0) is 13.8. The van der Waals surface area contributed by atoms with Crippen LogP contribution in [0.3, 0.4) is 0 Å². The fourth-order valence-electron chi connectivity index (χ4n) is 1.53. The van der Waals surface area contributed by atoms with Crippen LogP contribution in [0.2, 0.25) is 10.0 Å². The van der Waals surface area contributed by atoms with E-state index in [4.69, 9.17) is 28.5 Å². The Hall–Kier alpha value is -1.96. The molecule has 0 aliphatic heterocycles. The van der Waals surface area contributed by atoms with E-state index in [1.807, 2.05) is 6.07 Å². The van der Waals surface area contributed by atoms with Crippen molar-refractivity contribution in [1.29, 1.82) is 5.26 Å². The molecule has 0 aliphatic rings. The van der Waals surface area contributed by atoms with Gasteiger partial charge in [-0.25, -0.2) is 9.97 Å². The van der Waals surface area contributed by atoms with E-state index in [2.05, 4.69) is 9.97 Å². The van der Waals surface area contributed by atoms with E-state index >= 15 is 0 Å². The SMILES string of the molecule is N#CC(C(=O)c1ncccn1)c1ccc(Cl)c(Cl)c1. The van der Waals surface area contributed by atoms with Crippen LogP contribution in [0.5, 0.6) is 0 Å². The summed E-state index contributed by atoms with van der Waals surface area (Å²) >= 11 is 11.7. The Labute approximate surface area is 119 Å². The maximum atomic E-state index is 12.1. The molecule has 0 bridgehead atoms. The van der Waals surface area contributed by atoms with Gasteiger partial charge in [-0.05, 0) is 23.8 Å². The van der Waals surface area contributed by atoms with Gasteiger partial charge in [0.2, 0.25) is 5.78 Å². The van der Waals surface area contributed by atoms with Gasteiger partial charge in [-0.3, -0.25) is 4.79 Å². The van der Waals surface area contributed by atoms with Gasteiger partial charge in [-0.1, -0.05) is 29.3 Å². The van der Waals surface area contributed by atoms with Crippen LogP contribution in [0, 0.1) is 11.3 Å². The number of ketones is 1. The summed E-state index contributed by atoms with van der Waals surface area (Å²) in [4.78, 5) is 19.8. The molecule has 0 saturated carbocycles. The number of hydrogen-bond acceptors (Lipinski definition) is 4. The molecule has 0 radical (unpaired) electrons. The van der Waals surface area contributed by atoms with Crippen molar-refractivity contribution in [3.05, 3.63) is 58.1 Å². The highest BCUT2D eigenvalue weighted by molar-refractivity contribution is 6.42. The van der Waals surface area contributed by atoms with Crippen molar-refractivity contribution < 1.29 is 4.79 Å². The number of carbonyl (C=O) groups is 1. The molecular weight excluding hydrogens is 285 g/mol. The Kier molecular flexibility index (Phi) is 4.10. The molecule has 94 valence electrons. The second-order valence-electron chi connectivity index (χ2n) is 3.67. The molecule has 0 N–H and O–H groups in total. The standard InChI is InChI=1S/C13H7Cl2N3O/c14-10-3-2-8(6-11(10)15)9(7-16)12(19)13-17-4-1-5-18-13/h1-6,9H. The number of Topliss-reactive ketones (excluding diaryl/α,β-unsaturated/α-hetero) is 1. The maximum Gasteiger partial charge on any atom is 0.221 e. The number of rotatable bonds is 3. The Morgan fingerprint density at radius 2 is 1.89 bits per heavy atom. The predicted octanol–water partition coefficient (Wildman–Crippen LogP) is 3.27. The lowest BCUT2D eigenvalue weighted by atomic mass is 9.96. The first-order valence-corrected chi connectivity index (χ1v) is 6.05. The highest BCUT2D eigenvalue weighted by Gasteiger charge is 2.24. The van der Waals surface area contributed by atoms with E-state index in [1.54, 1.807) is 18.2 Å².